The fourth-order valence-electron chi connectivity index (χ4n) is 1.78. The second kappa shape index (κ2) is 4.43. The second-order valence-electron chi connectivity index (χ2n) is 3.85. The van der Waals surface area contributed by atoms with Gasteiger partial charge in [0, 0.05) is 17.8 Å². The van der Waals surface area contributed by atoms with Gasteiger partial charge in [-0.1, -0.05) is 23.2 Å². The van der Waals surface area contributed by atoms with E-state index in [4.69, 9.17) is 23.2 Å². The summed E-state index contributed by atoms with van der Waals surface area (Å²) >= 11 is 11.9. The standard InChI is InChI=1S/C12H5Cl2F2N3/c13-8-1-7(15)2-9(14)12(8)19-5-6-3-17-4-10(16)11(6)18-19/h1-5H. The van der Waals surface area contributed by atoms with E-state index in [0.717, 1.165) is 18.3 Å². The van der Waals surface area contributed by atoms with Gasteiger partial charge in [-0.15, -0.1) is 0 Å². The molecule has 0 fully saturated rings. The van der Waals surface area contributed by atoms with Gasteiger partial charge in [-0.05, 0) is 12.1 Å². The predicted octanol–water partition coefficient (Wildman–Crippen LogP) is 4.01. The van der Waals surface area contributed by atoms with E-state index in [0.29, 0.717) is 11.1 Å². The summed E-state index contributed by atoms with van der Waals surface area (Å²) in [7, 11) is 0. The Labute approximate surface area is 116 Å². The van der Waals surface area contributed by atoms with Crippen LogP contribution in [-0.2, 0) is 0 Å². The third kappa shape index (κ3) is 2.05. The number of pyridine rings is 1. The van der Waals surface area contributed by atoms with Crippen molar-refractivity contribution in [1.82, 2.24) is 14.8 Å². The zero-order chi connectivity index (χ0) is 13.6. The minimum absolute atomic E-state index is 0.0890. The van der Waals surface area contributed by atoms with Crippen molar-refractivity contribution >= 4 is 34.1 Å². The SMILES string of the molecule is Fc1cc(Cl)c(-n2cc3cncc(F)c3n2)c(Cl)c1. The molecule has 0 aliphatic carbocycles. The Morgan fingerprint density at radius 1 is 1.05 bits per heavy atom. The van der Waals surface area contributed by atoms with Crippen LogP contribution in [0.25, 0.3) is 16.6 Å². The van der Waals surface area contributed by atoms with Crippen LogP contribution in [0.4, 0.5) is 8.78 Å². The molecule has 0 atom stereocenters. The average molecular weight is 300 g/mol. The largest absolute Gasteiger partial charge is 0.261 e. The number of nitrogens with zero attached hydrogens (tertiary/aromatic N) is 3. The van der Waals surface area contributed by atoms with E-state index < -0.39 is 11.6 Å². The summed E-state index contributed by atoms with van der Waals surface area (Å²) in [6.07, 6.45) is 4.05. The molecule has 7 heteroatoms. The molecule has 3 nitrogen and oxygen atoms in total. The molecule has 0 saturated heterocycles. The molecule has 0 aliphatic rings. The molecule has 19 heavy (non-hydrogen) atoms. The summed E-state index contributed by atoms with van der Waals surface area (Å²) in [5.41, 5.74) is 0.437. The van der Waals surface area contributed by atoms with Crippen LogP contribution in [0, 0.1) is 11.6 Å². The van der Waals surface area contributed by atoms with Gasteiger partial charge in [0.15, 0.2) is 5.82 Å². The molecule has 0 bridgehead atoms. The van der Waals surface area contributed by atoms with E-state index >= 15 is 0 Å². The minimum atomic E-state index is -0.552. The number of benzene rings is 1. The first-order chi connectivity index (χ1) is 9.06. The van der Waals surface area contributed by atoms with Gasteiger partial charge >= 0.3 is 0 Å². The molecular formula is C12H5Cl2F2N3. The summed E-state index contributed by atoms with van der Waals surface area (Å²) in [6, 6.07) is 2.23. The fourth-order valence-corrected chi connectivity index (χ4v) is 2.41. The highest BCUT2D eigenvalue weighted by Gasteiger charge is 2.14. The summed E-state index contributed by atoms with van der Waals surface area (Å²) in [5, 5.41) is 4.72. The smallest absolute Gasteiger partial charge is 0.169 e. The summed E-state index contributed by atoms with van der Waals surface area (Å²) < 4.78 is 27.9. The lowest BCUT2D eigenvalue weighted by Crippen LogP contribution is -1.97. The van der Waals surface area contributed by atoms with Crippen LogP contribution in [0.15, 0.2) is 30.7 Å². The Hall–Kier alpha value is -1.72. The van der Waals surface area contributed by atoms with E-state index in [-0.39, 0.29) is 15.6 Å². The molecule has 0 aliphatic heterocycles. The highest BCUT2D eigenvalue weighted by Crippen LogP contribution is 2.30. The third-order valence-electron chi connectivity index (χ3n) is 2.58. The van der Waals surface area contributed by atoms with Crippen molar-refractivity contribution in [2.24, 2.45) is 0 Å². The van der Waals surface area contributed by atoms with Crippen molar-refractivity contribution in [3.05, 3.63) is 52.4 Å². The van der Waals surface area contributed by atoms with E-state index in [1.165, 1.54) is 17.1 Å². The maximum Gasteiger partial charge on any atom is 0.169 e. The zero-order valence-electron chi connectivity index (χ0n) is 9.24. The Morgan fingerprint density at radius 3 is 2.37 bits per heavy atom. The molecule has 3 rings (SSSR count). The lowest BCUT2D eigenvalue weighted by molar-refractivity contribution is 0.625. The summed E-state index contributed by atoms with van der Waals surface area (Å²) in [5.74, 6) is -1.10. The van der Waals surface area contributed by atoms with Gasteiger partial charge in [0.1, 0.15) is 17.0 Å². The summed E-state index contributed by atoms with van der Waals surface area (Å²) in [4.78, 5) is 3.72. The van der Waals surface area contributed by atoms with Gasteiger partial charge in [0.05, 0.1) is 16.2 Å². The highest BCUT2D eigenvalue weighted by molar-refractivity contribution is 6.37. The molecule has 0 spiro atoms. The van der Waals surface area contributed by atoms with Crippen molar-refractivity contribution in [2.75, 3.05) is 0 Å². The second-order valence-corrected chi connectivity index (χ2v) is 4.67. The number of hydrogen-bond acceptors (Lipinski definition) is 2. The first-order valence-electron chi connectivity index (χ1n) is 5.20. The molecule has 0 amide bonds. The van der Waals surface area contributed by atoms with Crippen molar-refractivity contribution in [3.8, 4) is 5.69 Å². The third-order valence-corrected chi connectivity index (χ3v) is 3.16. The maximum atomic E-state index is 13.5. The number of fused-ring (bicyclic) bond motifs is 1. The Balaban J connectivity index is 2.28. The minimum Gasteiger partial charge on any atom is -0.261 e. The molecule has 1 aromatic carbocycles. The predicted molar refractivity (Wildman–Crippen MR) is 68.8 cm³/mol. The van der Waals surface area contributed by atoms with Gasteiger partial charge in [-0.2, -0.15) is 5.10 Å². The Kier molecular flexibility index (Phi) is 2.88. The van der Waals surface area contributed by atoms with Crippen LogP contribution in [0.1, 0.15) is 0 Å². The number of rotatable bonds is 1. The van der Waals surface area contributed by atoms with Crippen molar-refractivity contribution in [2.45, 2.75) is 0 Å². The van der Waals surface area contributed by atoms with Crippen LogP contribution in [0.5, 0.6) is 0 Å². The molecule has 0 saturated carbocycles. The summed E-state index contributed by atoms with van der Waals surface area (Å²) in [6.45, 7) is 0. The highest BCUT2D eigenvalue weighted by atomic mass is 35.5. The normalized spacial score (nSPS) is 11.2. The molecule has 3 aromatic rings. The van der Waals surface area contributed by atoms with E-state index in [9.17, 15) is 8.78 Å². The number of hydrogen-bond donors (Lipinski definition) is 0. The lowest BCUT2D eigenvalue weighted by Gasteiger charge is -2.06. The van der Waals surface area contributed by atoms with E-state index in [2.05, 4.69) is 10.1 Å². The Bertz CT molecular complexity index is 763. The number of aromatic nitrogens is 3. The van der Waals surface area contributed by atoms with Crippen molar-refractivity contribution < 1.29 is 8.78 Å². The van der Waals surface area contributed by atoms with Gasteiger partial charge in [0.2, 0.25) is 0 Å². The molecule has 0 unspecified atom stereocenters. The van der Waals surface area contributed by atoms with E-state index in [1.807, 2.05) is 0 Å². The van der Waals surface area contributed by atoms with Crippen LogP contribution in [0.3, 0.4) is 0 Å². The van der Waals surface area contributed by atoms with Gasteiger partial charge < -0.3 is 0 Å². The Morgan fingerprint density at radius 2 is 1.74 bits per heavy atom. The van der Waals surface area contributed by atoms with Gasteiger partial charge in [-0.25, -0.2) is 13.5 Å². The quantitative estimate of drug-likeness (QED) is 0.680. The molecule has 0 N–H and O–H groups in total. The molecule has 96 valence electrons. The fraction of sp³-hybridized carbons (Fsp3) is 0. The molecular weight excluding hydrogens is 295 g/mol. The monoisotopic (exact) mass is 299 g/mol. The van der Waals surface area contributed by atoms with Crippen molar-refractivity contribution in [1.29, 1.82) is 0 Å². The van der Waals surface area contributed by atoms with E-state index in [1.54, 1.807) is 0 Å². The van der Waals surface area contributed by atoms with Crippen LogP contribution in [-0.4, -0.2) is 14.8 Å². The van der Waals surface area contributed by atoms with Crippen LogP contribution in [0.2, 0.25) is 10.0 Å². The van der Waals surface area contributed by atoms with Crippen LogP contribution >= 0.6 is 23.2 Å². The topological polar surface area (TPSA) is 30.7 Å². The van der Waals surface area contributed by atoms with Crippen LogP contribution < -0.4 is 0 Å². The first-order valence-corrected chi connectivity index (χ1v) is 5.95. The lowest BCUT2D eigenvalue weighted by atomic mass is 10.3. The van der Waals surface area contributed by atoms with Gasteiger partial charge in [-0.3, -0.25) is 4.98 Å². The number of halogens is 4. The molecule has 0 radical (unpaired) electrons. The first kappa shape index (κ1) is 12.3. The maximum absolute atomic E-state index is 13.5. The molecule has 2 aromatic heterocycles. The van der Waals surface area contributed by atoms with Gasteiger partial charge in [0.25, 0.3) is 0 Å². The average Bonchev–Trinajstić information content (AvgIpc) is 2.72. The molecule has 2 heterocycles. The zero-order valence-corrected chi connectivity index (χ0v) is 10.8. The van der Waals surface area contributed by atoms with Crippen molar-refractivity contribution in [3.63, 3.8) is 0 Å².